The quantitative estimate of drug-likeness (QED) is 0.600. The molecule has 1 aromatic heterocycles. The summed E-state index contributed by atoms with van der Waals surface area (Å²) in [5.41, 5.74) is 15.5. The maximum Gasteiger partial charge on any atom is 0.222 e. The summed E-state index contributed by atoms with van der Waals surface area (Å²) in [6, 6.07) is 14.5. The monoisotopic (exact) mass is 316 g/mol. The molecule has 0 aliphatic rings. The van der Waals surface area contributed by atoms with Gasteiger partial charge < -0.3 is 16.6 Å². The average molecular weight is 316 g/mol. The van der Waals surface area contributed by atoms with Crippen LogP contribution < -0.4 is 11.5 Å². The van der Waals surface area contributed by atoms with Crippen molar-refractivity contribution in [1.29, 1.82) is 0 Å². The average Bonchev–Trinajstić information content (AvgIpc) is 2.53. The van der Waals surface area contributed by atoms with E-state index in [1.807, 2.05) is 31.2 Å². The number of phenolic OH excluding ortho intramolecular Hbond substituents is 1. The molecule has 0 spiro atoms. The Kier molecular flexibility index (Phi) is 4.04. The molecular formula is C19H16N4O. The molecular weight excluding hydrogens is 300 g/mol. The third kappa shape index (κ3) is 3.28. The van der Waals surface area contributed by atoms with Crippen molar-refractivity contribution >= 4 is 11.8 Å². The van der Waals surface area contributed by atoms with Crippen LogP contribution in [0.15, 0.2) is 48.5 Å². The van der Waals surface area contributed by atoms with Gasteiger partial charge in [0.1, 0.15) is 11.6 Å². The first-order valence-corrected chi connectivity index (χ1v) is 7.34. The van der Waals surface area contributed by atoms with E-state index in [0.717, 1.165) is 11.1 Å². The van der Waals surface area contributed by atoms with Crippen LogP contribution in [0.25, 0.3) is 11.3 Å². The Labute approximate surface area is 140 Å². The molecule has 0 aliphatic carbocycles. The van der Waals surface area contributed by atoms with Crippen LogP contribution in [0, 0.1) is 18.8 Å². The molecule has 2 aromatic carbocycles. The third-order valence-electron chi connectivity index (χ3n) is 3.42. The topological polar surface area (TPSA) is 98.0 Å². The van der Waals surface area contributed by atoms with Crippen LogP contribution in [0.5, 0.6) is 5.75 Å². The largest absolute Gasteiger partial charge is 0.508 e. The van der Waals surface area contributed by atoms with Crippen molar-refractivity contribution in [2.45, 2.75) is 6.92 Å². The molecule has 118 valence electrons. The van der Waals surface area contributed by atoms with Crippen molar-refractivity contribution in [3.8, 4) is 28.8 Å². The molecule has 0 bridgehead atoms. The lowest BCUT2D eigenvalue weighted by Gasteiger charge is -2.08. The molecule has 0 aliphatic heterocycles. The van der Waals surface area contributed by atoms with Gasteiger partial charge in [-0.2, -0.15) is 4.98 Å². The van der Waals surface area contributed by atoms with Crippen LogP contribution in [-0.4, -0.2) is 15.1 Å². The van der Waals surface area contributed by atoms with Gasteiger partial charge in [-0.1, -0.05) is 41.7 Å². The number of nitrogen functional groups attached to an aromatic ring is 2. The fourth-order valence-corrected chi connectivity index (χ4v) is 2.34. The van der Waals surface area contributed by atoms with Gasteiger partial charge in [0.15, 0.2) is 0 Å². The number of rotatable bonds is 1. The van der Waals surface area contributed by atoms with E-state index in [1.54, 1.807) is 24.3 Å². The van der Waals surface area contributed by atoms with Crippen molar-refractivity contribution in [3.05, 3.63) is 65.2 Å². The van der Waals surface area contributed by atoms with E-state index in [9.17, 15) is 5.11 Å². The highest BCUT2D eigenvalue weighted by molar-refractivity contribution is 5.74. The van der Waals surface area contributed by atoms with Crippen molar-refractivity contribution in [3.63, 3.8) is 0 Å². The lowest BCUT2D eigenvalue weighted by molar-refractivity contribution is 0.475. The van der Waals surface area contributed by atoms with E-state index in [2.05, 4.69) is 21.8 Å². The van der Waals surface area contributed by atoms with Gasteiger partial charge in [-0.15, -0.1) is 0 Å². The molecule has 3 aromatic rings. The van der Waals surface area contributed by atoms with Crippen LogP contribution in [0.4, 0.5) is 11.8 Å². The third-order valence-corrected chi connectivity index (χ3v) is 3.42. The first-order valence-electron chi connectivity index (χ1n) is 7.34. The van der Waals surface area contributed by atoms with Crippen LogP contribution in [0.1, 0.15) is 16.7 Å². The van der Waals surface area contributed by atoms with Gasteiger partial charge in [0.2, 0.25) is 5.95 Å². The summed E-state index contributed by atoms with van der Waals surface area (Å²) >= 11 is 0. The zero-order valence-corrected chi connectivity index (χ0v) is 13.1. The number of nitrogens with zero attached hydrogens (tertiary/aromatic N) is 2. The number of anilines is 2. The number of hydrogen-bond acceptors (Lipinski definition) is 5. The number of aryl methyl sites for hydroxylation is 1. The standard InChI is InChI=1S/C19H16N4O/c1-12-4-2-6-14(10-12)17-16(18(20)23-19(21)22-17)9-8-13-5-3-7-15(24)11-13/h2-7,10-11,24H,1H3,(H4,20,21,22,23). The fourth-order valence-electron chi connectivity index (χ4n) is 2.34. The second-order valence-electron chi connectivity index (χ2n) is 5.36. The van der Waals surface area contributed by atoms with Crippen LogP contribution in [0.3, 0.4) is 0 Å². The number of aromatic hydroxyl groups is 1. The molecule has 0 fully saturated rings. The predicted octanol–water partition coefficient (Wildman–Crippen LogP) is 2.72. The SMILES string of the molecule is Cc1cccc(-c2nc(N)nc(N)c2C#Cc2cccc(O)c2)c1. The summed E-state index contributed by atoms with van der Waals surface area (Å²) < 4.78 is 0. The highest BCUT2D eigenvalue weighted by atomic mass is 16.3. The number of nitrogens with two attached hydrogens (primary N) is 2. The van der Waals surface area contributed by atoms with Crippen molar-refractivity contribution < 1.29 is 5.11 Å². The Bertz CT molecular complexity index is 971. The summed E-state index contributed by atoms with van der Waals surface area (Å²) in [4.78, 5) is 8.31. The van der Waals surface area contributed by atoms with Crippen molar-refractivity contribution in [2.24, 2.45) is 0 Å². The minimum absolute atomic E-state index is 0.104. The van der Waals surface area contributed by atoms with E-state index in [1.165, 1.54) is 0 Å². The minimum atomic E-state index is 0.104. The molecule has 0 saturated carbocycles. The van der Waals surface area contributed by atoms with Gasteiger partial charge in [0.25, 0.3) is 0 Å². The number of aromatic nitrogens is 2. The molecule has 3 rings (SSSR count). The molecule has 1 heterocycles. The number of phenols is 1. The molecule has 0 amide bonds. The Morgan fingerprint density at radius 3 is 2.50 bits per heavy atom. The Balaban J connectivity index is 2.15. The minimum Gasteiger partial charge on any atom is -0.508 e. The Hall–Kier alpha value is -3.52. The molecule has 24 heavy (non-hydrogen) atoms. The van der Waals surface area contributed by atoms with Crippen LogP contribution in [-0.2, 0) is 0 Å². The number of hydrogen-bond donors (Lipinski definition) is 3. The molecule has 0 radical (unpaired) electrons. The molecule has 0 saturated heterocycles. The van der Waals surface area contributed by atoms with Crippen LogP contribution >= 0.6 is 0 Å². The maximum absolute atomic E-state index is 9.53. The summed E-state index contributed by atoms with van der Waals surface area (Å²) in [6.07, 6.45) is 0. The van der Waals surface area contributed by atoms with Gasteiger partial charge >= 0.3 is 0 Å². The van der Waals surface area contributed by atoms with Gasteiger partial charge in [0, 0.05) is 11.1 Å². The molecule has 0 atom stereocenters. The van der Waals surface area contributed by atoms with Gasteiger partial charge in [-0.05, 0) is 31.2 Å². The zero-order valence-electron chi connectivity index (χ0n) is 13.1. The second kappa shape index (κ2) is 6.31. The zero-order chi connectivity index (χ0) is 17.1. The van der Waals surface area contributed by atoms with E-state index < -0.39 is 0 Å². The van der Waals surface area contributed by atoms with Gasteiger partial charge in [0.05, 0.1) is 11.3 Å². The van der Waals surface area contributed by atoms with Crippen LogP contribution in [0.2, 0.25) is 0 Å². The van der Waals surface area contributed by atoms with E-state index in [-0.39, 0.29) is 17.5 Å². The molecule has 5 heteroatoms. The Morgan fingerprint density at radius 1 is 0.958 bits per heavy atom. The predicted molar refractivity (Wildman–Crippen MR) is 95.1 cm³/mol. The summed E-state index contributed by atoms with van der Waals surface area (Å²) in [6.45, 7) is 2.00. The number of benzene rings is 2. The first-order chi connectivity index (χ1) is 11.5. The molecule has 5 nitrogen and oxygen atoms in total. The summed E-state index contributed by atoms with van der Waals surface area (Å²) in [5, 5.41) is 9.53. The fraction of sp³-hybridized carbons (Fsp3) is 0.0526. The molecule has 5 N–H and O–H groups in total. The highest BCUT2D eigenvalue weighted by Crippen LogP contribution is 2.26. The van der Waals surface area contributed by atoms with E-state index in [4.69, 9.17) is 11.5 Å². The highest BCUT2D eigenvalue weighted by Gasteiger charge is 2.12. The molecule has 0 unspecified atom stereocenters. The lowest BCUT2D eigenvalue weighted by Crippen LogP contribution is -2.05. The van der Waals surface area contributed by atoms with E-state index >= 15 is 0 Å². The normalized spacial score (nSPS) is 10.0. The Morgan fingerprint density at radius 2 is 1.75 bits per heavy atom. The smallest absolute Gasteiger partial charge is 0.222 e. The van der Waals surface area contributed by atoms with Crippen molar-refractivity contribution in [1.82, 2.24) is 9.97 Å². The van der Waals surface area contributed by atoms with E-state index in [0.29, 0.717) is 16.8 Å². The lowest BCUT2D eigenvalue weighted by atomic mass is 10.0. The summed E-state index contributed by atoms with van der Waals surface area (Å²) in [5.74, 6) is 6.47. The van der Waals surface area contributed by atoms with Crippen molar-refractivity contribution in [2.75, 3.05) is 11.5 Å². The first kappa shape index (κ1) is 15.4. The van der Waals surface area contributed by atoms with Gasteiger partial charge in [-0.3, -0.25) is 0 Å². The summed E-state index contributed by atoms with van der Waals surface area (Å²) in [7, 11) is 0. The maximum atomic E-state index is 9.53. The second-order valence-corrected chi connectivity index (χ2v) is 5.36. The van der Waals surface area contributed by atoms with Gasteiger partial charge in [-0.25, -0.2) is 4.98 Å².